The van der Waals surface area contributed by atoms with Gasteiger partial charge in [0.05, 0.1) is 0 Å². The van der Waals surface area contributed by atoms with Crippen LogP contribution in [-0.4, -0.2) is 72.5 Å². The summed E-state index contributed by atoms with van der Waals surface area (Å²) in [7, 11) is 0. The SMILES string of the molecule is CSCCC(NC(=O)COc1ccccc1)C(=O)N1CCCN(Cc2ccc(F)cc2)CC1. The molecule has 0 bridgehead atoms. The molecule has 0 radical (unpaired) electrons. The number of carbonyl (C=O) groups is 2. The van der Waals surface area contributed by atoms with Gasteiger partial charge in [-0.25, -0.2) is 4.39 Å². The summed E-state index contributed by atoms with van der Waals surface area (Å²) in [5.74, 6) is 0.819. The molecular formula is C25H32FN3O3S. The Morgan fingerprint density at radius 1 is 1.06 bits per heavy atom. The fourth-order valence-electron chi connectivity index (χ4n) is 3.81. The van der Waals surface area contributed by atoms with E-state index in [-0.39, 0.29) is 24.2 Å². The van der Waals surface area contributed by atoms with Gasteiger partial charge in [-0.2, -0.15) is 11.8 Å². The molecule has 0 aliphatic carbocycles. The van der Waals surface area contributed by atoms with Gasteiger partial charge in [-0.3, -0.25) is 14.5 Å². The highest BCUT2D eigenvalue weighted by Crippen LogP contribution is 2.13. The molecule has 2 amide bonds. The molecule has 2 aromatic rings. The number of amides is 2. The first-order valence-electron chi connectivity index (χ1n) is 11.3. The van der Waals surface area contributed by atoms with Gasteiger partial charge in [0.15, 0.2) is 6.61 Å². The highest BCUT2D eigenvalue weighted by Gasteiger charge is 2.27. The Bertz CT molecular complexity index is 882. The Hall–Kier alpha value is -2.58. The van der Waals surface area contributed by atoms with Crippen molar-refractivity contribution in [2.75, 3.05) is 44.8 Å². The van der Waals surface area contributed by atoms with Gasteiger partial charge in [-0.15, -0.1) is 0 Å². The van der Waals surface area contributed by atoms with Gasteiger partial charge in [-0.05, 0) is 54.7 Å². The fourth-order valence-corrected chi connectivity index (χ4v) is 4.28. The standard InChI is InChI=1S/C25H32FN3O3S/c1-33-17-12-23(27-24(30)19-32-22-6-3-2-4-7-22)25(31)29-14-5-13-28(15-16-29)18-20-8-10-21(26)11-9-20/h2-4,6-11,23H,5,12-19H2,1H3,(H,27,30). The largest absolute Gasteiger partial charge is 0.484 e. The molecule has 178 valence electrons. The quantitative estimate of drug-likeness (QED) is 0.574. The zero-order chi connectivity index (χ0) is 23.5. The van der Waals surface area contributed by atoms with Crippen LogP contribution in [-0.2, 0) is 16.1 Å². The van der Waals surface area contributed by atoms with Crippen LogP contribution >= 0.6 is 11.8 Å². The third-order valence-corrected chi connectivity index (χ3v) is 6.22. The number of hydrogen-bond acceptors (Lipinski definition) is 5. The third-order valence-electron chi connectivity index (χ3n) is 5.58. The summed E-state index contributed by atoms with van der Waals surface area (Å²) >= 11 is 1.65. The predicted molar refractivity (Wildman–Crippen MR) is 130 cm³/mol. The van der Waals surface area contributed by atoms with Crippen LogP contribution in [0.15, 0.2) is 54.6 Å². The fraction of sp³-hybridized carbons (Fsp3) is 0.440. The van der Waals surface area contributed by atoms with E-state index in [4.69, 9.17) is 4.74 Å². The van der Waals surface area contributed by atoms with Gasteiger partial charge in [0.1, 0.15) is 17.6 Å². The number of hydrogen-bond donors (Lipinski definition) is 1. The van der Waals surface area contributed by atoms with E-state index in [1.54, 1.807) is 36.0 Å². The summed E-state index contributed by atoms with van der Waals surface area (Å²) in [6, 6.07) is 15.1. The lowest BCUT2D eigenvalue weighted by molar-refractivity contribution is -0.136. The Kier molecular flexibility index (Phi) is 10.0. The van der Waals surface area contributed by atoms with E-state index in [9.17, 15) is 14.0 Å². The van der Waals surface area contributed by atoms with Crippen molar-refractivity contribution in [1.29, 1.82) is 0 Å². The predicted octanol–water partition coefficient (Wildman–Crippen LogP) is 3.18. The zero-order valence-corrected chi connectivity index (χ0v) is 19.9. The summed E-state index contributed by atoms with van der Waals surface area (Å²) in [6.45, 7) is 3.47. The molecule has 8 heteroatoms. The van der Waals surface area contributed by atoms with E-state index < -0.39 is 6.04 Å². The molecule has 1 heterocycles. The number of thioether (sulfide) groups is 1. The molecule has 6 nitrogen and oxygen atoms in total. The van der Waals surface area contributed by atoms with Crippen molar-refractivity contribution in [2.24, 2.45) is 0 Å². The Labute approximate surface area is 199 Å². The number of nitrogens with one attached hydrogen (secondary N) is 1. The van der Waals surface area contributed by atoms with Crippen LogP contribution in [0.25, 0.3) is 0 Å². The highest BCUT2D eigenvalue weighted by molar-refractivity contribution is 7.98. The molecule has 0 aromatic heterocycles. The lowest BCUT2D eigenvalue weighted by Crippen LogP contribution is -2.50. The van der Waals surface area contributed by atoms with Gasteiger partial charge in [0.25, 0.3) is 5.91 Å². The lowest BCUT2D eigenvalue weighted by atomic mass is 10.2. The highest BCUT2D eigenvalue weighted by atomic mass is 32.2. The number of nitrogens with zero attached hydrogens (tertiary/aromatic N) is 2. The van der Waals surface area contributed by atoms with Crippen LogP contribution < -0.4 is 10.1 Å². The van der Waals surface area contributed by atoms with Gasteiger partial charge in [0, 0.05) is 32.7 Å². The number of para-hydroxylation sites is 1. The van der Waals surface area contributed by atoms with Crippen molar-refractivity contribution >= 4 is 23.6 Å². The number of rotatable bonds is 10. The van der Waals surface area contributed by atoms with E-state index in [1.165, 1.54) is 12.1 Å². The van der Waals surface area contributed by atoms with Gasteiger partial charge in [-0.1, -0.05) is 30.3 Å². The monoisotopic (exact) mass is 473 g/mol. The molecule has 3 rings (SSSR count). The van der Waals surface area contributed by atoms with Gasteiger partial charge in [0.2, 0.25) is 5.91 Å². The molecule has 0 saturated carbocycles. The van der Waals surface area contributed by atoms with Crippen LogP contribution in [0.3, 0.4) is 0 Å². The molecule has 0 spiro atoms. The van der Waals surface area contributed by atoms with E-state index >= 15 is 0 Å². The first-order valence-corrected chi connectivity index (χ1v) is 12.7. The summed E-state index contributed by atoms with van der Waals surface area (Å²) in [4.78, 5) is 29.9. The maximum Gasteiger partial charge on any atom is 0.258 e. The van der Waals surface area contributed by atoms with Crippen molar-refractivity contribution in [3.05, 3.63) is 66.0 Å². The topological polar surface area (TPSA) is 61.9 Å². The average molecular weight is 474 g/mol. The van der Waals surface area contributed by atoms with Crippen LogP contribution in [0.4, 0.5) is 4.39 Å². The minimum absolute atomic E-state index is 0.0410. The van der Waals surface area contributed by atoms with Crippen LogP contribution in [0.1, 0.15) is 18.4 Å². The van der Waals surface area contributed by atoms with Gasteiger partial charge >= 0.3 is 0 Å². The van der Waals surface area contributed by atoms with Gasteiger partial charge < -0.3 is 15.0 Å². The summed E-state index contributed by atoms with van der Waals surface area (Å²) in [5, 5.41) is 2.88. The molecule has 1 N–H and O–H groups in total. The number of carbonyl (C=O) groups excluding carboxylic acids is 2. The molecule has 2 aromatic carbocycles. The maximum atomic E-state index is 13.3. The number of halogens is 1. The van der Waals surface area contributed by atoms with Crippen molar-refractivity contribution in [2.45, 2.75) is 25.4 Å². The molecule has 1 aliphatic rings. The average Bonchev–Trinajstić information content (AvgIpc) is 3.07. The van der Waals surface area contributed by atoms with E-state index in [1.807, 2.05) is 29.4 Å². The molecule has 33 heavy (non-hydrogen) atoms. The second-order valence-corrected chi connectivity index (χ2v) is 9.07. The summed E-state index contributed by atoms with van der Waals surface area (Å²) in [6.07, 6.45) is 3.42. The molecular weight excluding hydrogens is 441 g/mol. The first kappa shape index (κ1) is 25.1. The van der Waals surface area contributed by atoms with Crippen LogP contribution in [0.5, 0.6) is 5.75 Å². The summed E-state index contributed by atoms with van der Waals surface area (Å²) < 4.78 is 18.7. The minimum atomic E-state index is -0.562. The number of ether oxygens (including phenoxy) is 1. The minimum Gasteiger partial charge on any atom is -0.484 e. The van der Waals surface area contributed by atoms with E-state index in [0.717, 1.165) is 37.4 Å². The maximum absolute atomic E-state index is 13.3. The Balaban J connectivity index is 1.53. The van der Waals surface area contributed by atoms with Crippen molar-refractivity contribution < 1.29 is 18.7 Å². The molecule has 1 saturated heterocycles. The van der Waals surface area contributed by atoms with Crippen LogP contribution in [0, 0.1) is 5.82 Å². The normalized spacial score (nSPS) is 15.5. The van der Waals surface area contributed by atoms with Crippen LogP contribution in [0.2, 0.25) is 0 Å². The van der Waals surface area contributed by atoms with E-state index in [2.05, 4.69) is 10.2 Å². The smallest absolute Gasteiger partial charge is 0.258 e. The van der Waals surface area contributed by atoms with Crippen molar-refractivity contribution in [3.8, 4) is 5.75 Å². The molecule has 1 atom stereocenters. The Morgan fingerprint density at radius 2 is 1.82 bits per heavy atom. The second-order valence-electron chi connectivity index (χ2n) is 8.08. The molecule has 1 unspecified atom stereocenters. The molecule has 1 aliphatic heterocycles. The number of benzene rings is 2. The third kappa shape index (κ3) is 8.37. The first-order chi connectivity index (χ1) is 16.0. The molecule has 1 fully saturated rings. The Morgan fingerprint density at radius 3 is 2.55 bits per heavy atom. The zero-order valence-electron chi connectivity index (χ0n) is 19.0. The second kappa shape index (κ2) is 13.2. The van der Waals surface area contributed by atoms with E-state index in [0.29, 0.717) is 25.3 Å². The van der Waals surface area contributed by atoms with Crippen molar-refractivity contribution in [3.63, 3.8) is 0 Å². The lowest BCUT2D eigenvalue weighted by Gasteiger charge is -2.27. The van der Waals surface area contributed by atoms with Crippen molar-refractivity contribution in [1.82, 2.24) is 15.1 Å². The summed E-state index contributed by atoms with van der Waals surface area (Å²) in [5.41, 5.74) is 1.06.